The zero-order valence-corrected chi connectivity index (χ0v) is 28.5. The summed E-state index contributed by atoms with van der Waals surface area (Å²) in [6.45, 7) is 1.86. The Morgan fingerprint density at radius 3 is 2.43 bits per heavy atom. The molecule has 0 unspecified atom stereocenters. The smallest absolute Gasteiger partial charge is 0.338 e. The highest BCUT2D eigenvalue weighted by Gasteiger charge is 2.30. The van der Waals surface area contributed by atoms with Crippen LogP contribution in [0.3, 0.4) is 0 Å². The molecule has 2 aliphatic rings. The summed E-state index contributed by atoms with van der Waals surface area (Å²) >= 11 is 3.29. The van der Waals surface area contributed by atoms with E-state index >= 15 is 4.39 Å². The number of hydrogen-bond acceptors (Lipinski definition) is 9. The van der Waals surface area contributed by atoms with Gasteiger partial charge < -0.3 is 24.4 Å². The Hall–Kier alpha value is -3.78. The van der Waals surface area contributed by atoms with Crippen LogP contribution in [0.15, 0.2) is 70.2 Å². The molecule has 47 heavy (non-hydrogen) atoms. The van der Waals surface area contributed by atoms with Crippen molar-refractivity contribution in [2.75, 3.05) is 32.6 Å². The largest absolute Gasteiger partial charge is 0.497 e. The van der Waals surface area contributed by atoms with Crippen LogP contribution in [-0.4, -0.2) is 63.7 Å². The number of carbonyl (C=O) groups is 1. The van der Waals surface area contributed by atoms with Gasteiger partial charge in [-0.1, -0.05) is 34.5 Å². The first-order chi connectivity index (χ1) is 22.6. The molecule has 0 amide bonds. The third-order valence-electron chi connectivity index (χ3n) is 8.73. The Balaban J connectivity index is 1.33. The highest BCUT2D eigenvalue weighted by atomic mass is 79.9. The summed E-state index contributed by atoms with van der Waals surface area (Å²) in [6.07, 6.45) is 6.60. The van der Waals surface area contributed by atoms with Crippen LogP contribution in [0.1, 0.15) is 48.0 Å². The van der Waals surface area contributed by atoms with Gasteiger partial charge in [-0.05, 0) is 67.6 Å². The number of benzene rings is 3. The van der Waals surface area contributed by atoms with Crippen LogP contribution < -0.4 is 19.5 Å². The van der Waals surface area contributed by atoms with Crippen molar-refractivity contribution in [2.45, 2.75) is 55.7 Å². The van der Waals surface area contributed by atoms with Gasteiger partial charge >= 0.3 is 5.97 Å². The molecule has 2 N–H and O–H groups in total. The number of nitrogens with zero attached hydrogens (tertiary/aromatic N) is 2. The predicted octanol–water partition coefficient (Wildman–Crippen LogP) is 6.55. The molecule has 0 radical (unpaired) electrons. The Kier molecular flexibility index (Phi) is 9.97. The summed E-state index contributed by atoms with van der Waals surface area (Å²) in [5.41, 5.74) is 1.40. The number of hydrogen-bond donors (Lipinski definition) is 2. The third kappa shape index (κ3) is 7.53. The molecule has 1 saturated heterocycles. The lowest BCUT2D eigenvalue weighted by Crippen LogP contribution is -2.46. The van der Waals surface area contributed by atoms with Crippen LogP contribution >= 0.6 is 15.9 Å². The Labute approximate surface area is 281 Å². The van der Waals surface area contributed by atoms with Gasteiger partial charge in [-0.25, -0.2) is 22.3 Å². The molecule has 4 aromatic rings. The van der Waals surface area contributed by atoms with Crippen molar-refractivity contribution >= 4 is 54.2 Å². The number of esters is 1. The van der Waals surface area contributed by atoms with Crippen LogP contribution in [0, 0.1) is 5.82 Å². The molecule has 13 heteroatoms. The summed E-state index contributed by atoms with van der Waals surface area (Å²) in [7, 11) is -1.40. The molecule has 6 rings (SSSR count). The molecule has 2 heterocycles. The van der Waals surface area contributed by atoms with E-state index in [4.69, 9.17) is 14.2 Å². The van der Waals surface area contributed by atoms with E-state index in [1.165, 1.54) is 44.7 Å². The summed E-state index contributed by atoms with van der Waals surface area (Å²) in [6, 6.07) is 15.2. The lowest BCUT2D eigenvalue weighted by molar-refractivity contribution is 0.0490. The minimum absolute atomic E-state index is 0.0258. The maximum atomic E-state index is 15.6. The number of piperidine rings is 1. The van der Waals surface area contributed by atoms with E-state index in [2.05, 4.69) is 35.9 Å². The van der Waals surface area contributed by atoms with E-state index in [9.17, 15) is 13.2 Å². The summed E-state index contributed by atoms with van der Waals surface area (Å²) < 4.78 is 62.7. The topological polar surface area (TPSA) is 119 Å². The number of pyridine rings is 1. The number of carbonyl (C=O) groups excluding carboxylic acids is 1. The van der Waals surface area contributed by atoms with Gasteiger partial charge in [-0.15, -0.1) is 0 Å². The highest BCUT2D eigenvalue weighted by Crippen LogP contribution is 2.37. The van der Waals surface area contributed by atoms with Gasteiger partial charge in [-0.3, -0.25) is 4.98 Å². The zero-order chi connectivity index (χ0) is 33.1. The van der Waals surface area contributed by atoms with E-state index < -0.39 is 21.8 Å². The normalized spacial score (nSPS) is 16.1. The molecule has 248 valence electrons. The molecule has 0 spiro atoms. The number of fused-ring (bicyclic) bond motifs is 1. The predicted molar refractivity (Wildman–Crippen MR) is 180 cm³/mol. The maximum absolute atomic E-state index is 15.6. The van der Waals surface area contributed by atoms with Gasteiger partial charge in [0.15, 0.2) is 0 Å². The first-order valence-electron chi connectivity index (χ1n) is 15.4. The van der Waals surface area contributed by atoms with Crippen LogP contribution in [0.25, 0.3) is 10.9 Å². The maximum Gasteiger partial charge on any atom is 0.338 e. The van der Waals surface area contributed by atoms with Gasteiger partial charge in [0.25, 0.3) is 0 Å². The monoisotopic (exact) mass is 726 g/mol. The van der Waals surface area contributed by atoms with Crippen LogP contribution in [0.4, 0.5) is 15.8 Å². The first kappa shape index (κ1) is 33.1. The fraction of sp³-hybridized carbons (Fsp3) is 0.353. The molecular weight excluding hydrogens is 691 g/mol. The lowest BCUT2D eigenvalue weighted by Gasteiger charge is -2.41. The summed E-state index contributed by atoms with van der Waals surface area (Å²) in [5, 5.41) is 3.07. The first-order valence-corrected chi connectivity index (χ1v) is 17.7. The van der Waals surface area contributed by atoms with E-state index in [0.29, 0.717) is 33.3 Å². The van der Waals surface area contributed by atoms with Crippen molar-refractivity contribution in [1.82, 2.24) is 14.6 Å². The van der Waals surface area contributed by atoms with Crippen molar-refractivity contribution < 1.29 is 31.8 Å². The number of halogens is 2. The molecule has 1 aromatic heterocycles. The Bertz CT molecular complexity index is 1880. The van der Waals surface area contributed by atoms with E-state index in [0.717, 1.165) is 25.9 Å². The van der Waals surface area contributed by atoms with Gasteiger partial charge in [-0.2, -0.15) is 0 Å². The second kappa shape index (κ2) is 14.1. The number of aromatic nitrogens is 1. The minimum Gasteiger partial charge on any atom is -0.497 e. The molecule has 0 atom stereocenters. The third-order valence-corrected chi connectivity index (χ3v) is 10.6. The van der Waals surface area contributed by atoms with Crippen molar-refractivity contribution in [3.05, 3.63) is 82.2 Å². The lowest BCUT2D eigenvalue weighted by atomic mass is 9.90. The number of rotatable bonds is 11. The fourth-order valence-electron chi connectivity index (χ4n) is 5.97. The van der Waals surface area contributed by atoms with E-state index in [-0.39, 0.29) is 39.7 Å². The molecule has 1 aliphatic carbocycles. The van der Waals surface area contributed by atoms with Crippen molar-refractivity contribution in [3.63, 3.8) is 0 Å². The number of anilines is 2. The zero-order valence-electron chi connectivity index (χ0n) is 26.1. The molecule has 1 saturated carbocycles. The molecule has 1 aliphatic heterocycles. The average molecular weight is 728 g/mol. The van der Waals surface area contributed by atoms with Crippen molar-refractivity contribution in [1.29, 1.82) is 0 Å². The van der Waals surface area contributed by atoms with Gasteiger partial charge in [0.05, 0.1) is 36.4 Å². The average Bonchev–Trinajstić information content (AvgIpc) is 3.03. The number of sulfonamides is 1. The molecule has 0 bridgehead atoms. The van der Waals surface area contributed by atoms with E-state index in [1.807, 2.05) is 0 Å². The second-order valence-corrected chi connectivity index (χ2v) is 14.4. The van der Waals surface area contributed by atoms with E-state index in [1.54, 1.807) is 49.6 Å². The highest BCUT2D eigenvalue weighted by molar-refractivity contribution is 9.10. The van der Waals surface area contributed by atoms with Gasteiger partial charge in [0, 0.05) is 48.1 Å². The number of likely N-dealkylation sites (tertiary alicyclic amines) is 1. The van der Waals surface area contributed by atoms with Crippen LogP contribution in [0.2, 0.25) is 0 Å². The van der Waals surface area contributed by atoms with Crippen LogP contribution in [0.5, 0.6) is 11.5 Å². The van der Waals surface area contributed by atoms with Crippen molar-refractivity contribution in [2.24, 2.45) is 0 Å². The molecule has 2 fully saturated rings. The summed E-state index contributed by atoms with van der Waals surface area (Å²) in [5.74, 6) is -0.223. The summed E-state index contributed by atoms with van der Waals surface area (Å²) in [4.78, 5) is 19.2. The Morgan fingerprint density at radius 2 is 1.77 bits per heavy atom. The molecule has 10 nitrogen and oxygen atoms in total. The number of ether oxygens (including phenoxy) is 3. The molecular formula is C34H36BrFN4O6S. The molecule has 3 aromatic carbocycles. The second-order valence-electron chi connectivity index (χ2n) is 11.8. The van der Waals surface area contributed by atoms with Gasteiger partial charge in [0.2, 0.25) is 10.0 Å². The Morgan fingerprint density at radius 1 is 1.02 bits per heavy atom. The van der Waals surface area contributed by atoms with Crippen LogP contribution in [-0.2, 0) is 21.3 Å². The minimum atomic E-state index is -4.23. The fourth-order valence-corrected chi connectivity index (χ4v) is 7.52. The quantitative estimate of drug-likeness (QED) is 0.166. The number of methoxy groups -OCH3 is 2. The van der Waals surface area contributed by atoms with Gasteiger partial charge in [0.1, 0.15) is 28.3 Å². The number of nitrogens with one attached hydrogen (secondary N) is 2. The van der Waals surface area contributed by atoms with Crippen molar-refractivity contribution in [3.8, 4) is 11.5 Å². The SMILES string of the molecule is COC(=O)c1cc(Nc2c(S(=O)(=O)NCc3ccc(OC)cc3)cnc3cc(Br)cc(F)c23)cc(OC2CCN(C3CCC3)CC2)c1. The standard InChI is InChI=1S/C34H36BrFN4O6S/c1-44-26-8-6-21(7-9-26)19-38-47(42,43)31-20-37-30-17-23(35)16-29(36)32(30)33(31)39-24-14-22(34(41)45-2)15-28(18-24)46-27-10-12-40(13-11-27)25-4-3-5-25/h6-9,14-18,20,25,27,38H,3-5,10-13,19H2,1-2H3,(H,37,39).